The lowest BCUT2D eigenvalue weighted by molar-refractivity contribution is 0.0687. The largest absolute Gasteiger partial charge is 0.476 e. The molecule has 9 heteroatoms. The molecule has 0 amide bonds. The third kappa shape index (κ3) is 2.94. The summed E-state index contributed by atoms with van der Waals surface area (Å²) in [5.74, 6) is -0.705. The van der Waals surface area contributed by atoms with Crippen molar-refractivity contribution in [3.05, 3.63) is 22.3 Å². The monoisotopic (exact) mass is 282 g/mol. The van der Waals surface area contributed by atoms with Gasteiger partial charge in [-0.1, -0.05) is 16.5 Å². The van der Waals surface area contributed by atoms with Crippen LogP contribution in [-0.2, 0) is 6.54 Å². The topological polar surface area (TPSA) is 118 Å². The number of aromatic carboxylic acids is 1. The van der Waals surface area contributed by atoms with Crippen molar-refractivity contribution < 1.29 is 19.2 Å². The van der Waals surface area contributed by atoms with Gasteiger partial charge in [0.1, 0.15) is 4.88 Å². The molecule has 19 heavy (non-hydrogen) atoms. The lowest BCUT2D eigenvalue weighted by atomic mass is 10.3. The van der Waals surface area contributed by atoms with Crippen LogP contribution in [0.15, 0.2) is 4.52 Å². The number of nitrogens with one attached hydrogen (secondary N) is 1. The van der Waals surface area contributed by atoms with E-state index in [1.807, 2.05) is 0 Å². The van der Waals surface area contributed by atoms with Crippen LogP contribution in [0.5, 0.6) is 0 Å². The van der Waals surface area contributed by atoms with Crippen molar-refractivity contribution in [2.24, 2.45) is 0 Å². The highest BCUT2D eigenvalue weighted by Gasteiger charge is 2.20. The number of hydrogen-bond donors (Lipinski definition) is 2. The molecule has 2 heterocycles. The van der Waals surface area contributed by atoms with Gasteiger partial charge in [-0.3, -0.25) is 4.79 Å². The van der Waals surface area contributed by atoms with Gasteiger partial charge in [0.2, 0.25) is 5.89 Å². The molecule has 0 fully saturated rings. The smallest absolute Gasteiger partial charge is 0.356 e. The van der Waals surface area contributed by atoms with E-state index in [-0.39, 0.29) is 22.9 Å². The van der Waals surface area contributed by atoms with E-state index in [9.17, 15) is 9.59 Å². The van der Waals surface area contributed by atoms with E-state index in [0.717, 1.165) is 11.3 Å². The van der Waals surface area contributed by atoms with Crippen molar-refractivity contribution in [2.75, 3.05) is 5.32 Å². The van der Waals surface area contributed by atoms with E-state index in [0.29, 0.717) is 16.8 Å². The van der Waals surface area contributed by atoms with Crippen LogP contribution in [0.25, 0.3) is 0 Å². The summed E-state index contributed by atoms with van der Waals surface area (Å²) in [5.41, 5.74) is -0.246. The number of aromatic nitrogens is 3. The summed E-state index contributed by atoms with van der Waals surface area (Å²) in [4.78, 5) is 30.2. The molecule has 0 bridgehead atoms. The molecule has 100 valence electrons. The number of carbonyl (C=O) groups is 2. The normalized spacial score (nSPS) is 10.4. The van der Waals surface area contributed by atoms with E-state index in [1.54, 1.807) is 6.92 Å². The van der Waals surface area contributed by atoms with Crippen LogP contribution in [0, 0.1) is 6.92 Å². The van der Waals surface area contributed by atoms with Crippen LogP contribution in [-0.4, -0.2) is 32.0 Å². The van der Waals surface area contributed by atoms with Gasteiger partial charge in [0.25, 0.3) is 0 Å². The minimum Gasteiger partial charge on any atom is -0.476 e. The molecular formula is C10H10N4O4S. The second-order valence-corrected chi connectivity index (χ2v) is 4.64. The first-order valence-electron chi connectivity index (χ1n) is 5.25. The maximum atomic E-state index is 11.3. The molecule has 2 N–H and O–H groups in total. The van der Waals surface area contributed by atoms with Gasteiger partial charge in [-0.2, -0.15) is 4.98 Å². The third-order valence-electron chi connectivity index (χ3n) is 2.12. The molecule has 0 radical (unpaired) electrons. The van der Waals surface area contributed by atoms with E-state index in [1.165, 1.54) is 6.92 Å². The predicted molar refractivity (Wildman–Crippen MR) is 65.4 cm³/mol. The molecule has 0 aromatic carbocycles. The fourth-order valence-corrected chi connectivity index (χ4v) is 2.20. The quantitative estimate of drug-likeness (QED) is 0.789. The summed E-state index contributed by atoms with van der Waals surface area (Å²) in [5, 5.41) is 15.8. The maximum absolute atomic E-state index is 11.3. The highest BCUT2D eigenvalue weighted by molar-refractivity contribution is 7.17. The minimum atomic E-state index is -1.23. The number of Topliss-reactive ketones (excluding diaryl/α,β-unsaturated/α-hetero) is 1. The fourth-order valence-electron chi connectivity index (χ4n) is 1.35. The van der Waals surface area contributed by atoms with Gasteiger partial charge in [-0.05, 0) is 0 Å². The number of carbonyl (C=O) groups excluding carboxylic acids is 1. The van der Waals surface area contributed by atoms with Crippen LogP contribution in [0.2, 0.25) is 0 Å². The van der Waals surface area contributed by atoms with Gasteiger partial charge in [0.05, 0.1) is 6.54 Å². The molecule has 0 unspecified atom stereocenters. The van der Waals surface area contributed by atoms with Crippen LogP contribution in [0.3, 0.4) is 0 Å². The van der Waals surface area contributed by atoms with Crippen molar-refractivity contribution in [1.82, 2.24) is 15.1 Å². The summed E-state index contributed by atoms with van der Waals surface area (Å²) in [6.45, 7) is 3.20. The van der Waals surface area contributed by atoms with E-state index >= 15 is 0 Å². The summed E-state index contributed by atoms with van der Waals surface area (Å²) < 4.78 is 4.79. The molecule has 0 saturated heterocycles. The van der Waals surface area contributed by atoms with Gasteiger partial charge in [-0.15, -0.1) is 0 Å². The molecule has 0 saturated carbocycles. The molecule has 8 nitrogen and oxygen atoms in total. The summed E-state index contributed by atoms with van der Waals surface area (Å²) in [7, 11) is 0. The lowest BCUT2D eigenvalue weighted by Crippen LogP contribution is -2.04. The number of ketones is 1. The number of nitrogens with zero attached hydrogens (tertiary/aromatic N) is 3. The molecule has 2 aromatic rings. The number of thiazole rings is 1. The SMILES string of the molecule is CC(=O)c1sc(NCc2noc(C)n2)nc1C(=O)O. The molecule has 0 atom stereocenters. The number of anilines is 1. The Morgan fingerprint density at radius 2 is 2.16 bits per heavy atom. The second-order valence-electron chi connectivity index (χ2n) is 3.64. The first kappa shape index (κ1) is 13.1. The number of aryl methyl sites for hydroxylation is 1. The summed E-state index contributed by atoms with van der Waals surface area (Å²) in [6, 6.07) is 0. The number of hydrogen-bond acceptors (Lipinski definition) is 8. The fraction of sp³-hybridized carbons (Fsp3) is 0.300. The average molecular weight is 282 g/mol. The number of carboxylic acids is 1. The number of carboxylic acid groups (broad SMARTS) is 1. The molecule has 0 spiro atoms. The summed E-state index contributed by atoms with van der Waals surface area (Å²) in [6.07, 6.45) is 0. The van der Waals surface area contributed by atoms with Crippen LogP contribution in [0.4, 0.5) is 5.13 Å². The Bertz CT molecular complexity index is 602. The predicted octanol–water partition coefficient (Wildman–Crippen LogP) is 1.35. The van der Waals surface area contributed by atoms with Crippen molar-refractivity contribution in [3.63, 3.8) is 0 Å². The third-order valence-corrected chi connectivity index (χ3v) is 3.23. The zero-order valence-electron chi connectivity index (χ0n) is 10.1. The van der Waals surface area contributed by atoms with Crippen molar-refractivity contribution in [3.8, 4) is 0 Å². The van der Waals surface area contributed by atoms with Gasteiger partial charge >= 0.3 is 5.97 Å². The van der Waals surface area contributed by atoms with Crippen molar-refractivity contribution >= 4 is 28.2 Å². The molecule has 0 aliphatic rings. The molecular weight excluding hydrogens is 272 g/mol. The standard InChI is InChI=1S/C10H10N4O4S/c1-4(15)8-7(9(16)17)13-10(19-8)11-3-6-12-5(2)18-14-6/h3H2,1-2H3,(H,11,13)(H,16,17). The molecule has 2 rings (SSSR count). The summed E-state index contributed by atoms with van der Waals surface area (Å²) >= 11 is 0.983. The van der Waals surface area contributed by atoms with Crippen LogP contribution in [0.1, 0.15) is 38.8 Å². The Balaban J connectivity index is 2.15. The van der Waals surface area contributed by atoms with Gasteiger partial charge < -0.3 is 14.9 Å². The minimum absolute atomic E-state index is 0.110. The van der Waals surface area contributed by atoms with E-state index < -0.39 is 5.97 Å². The highest BCUT2D eigenvalue weighted by Crippen LogP contribution is 2.24. The lowest BCUT2D eigenvalue weighted by Gasteiger charge is -1.95. The maximum Gasteiger partial charge on any atom is 0.356 e. The van der Waals surface area contributed by atoms with Crippen LogP contribution < -0.4 is 5.32 Å². The molecule has 0 aliphatic heterocycles. The Labute approximate surface area is 111 Å². The van der Waals surface area contributed by atoms with Crippen molar-refractivity contribution in [1.29, 1.82) is 0 Å². The van der Waals surface area contributed by atoms with E-state index in [2.05, 4.69) is 20.4 Å². The Kier molecular flexibility index (Phi) is 3.56. The number of rotatable bonds is 5. The molecule has 2 aromatic heterocycles. The van der Waals surface area contributed by atoms with Gasteiger partial charge in [0, 0.05) is 13.8 Å². The van der Waals surface area contributed by atoms with Gasteiger partial charge in [-0.25, -0.2) is 9.78 Å². The van der Waals surface area contributed by atoms with Crippen molar-refractivity contribution in [2.45, 2.75) is 20.4 Å². The average Bonchev–Trinajstić information content (AvgIpc) is 2.92. The first-order chi connectivity index (χ1) is 8.97. The first-order valence-corrected chi connectivity index (χ1v) is 6.07. The highest BCUT2D eigenvalue weighted by atomic mass is 32.1. The second kappa shape index (κ2) is 5.14. The zero-order chi connectivity index (χ0) is 14.0. The Hall–Kier alpha value is -2.29. The van der Waals surface area contributed by atoms with Gasteiger partial charge in [0.15, 0.2) is 22.4 Å². The zero-order valence-corrected chi connectivity index (χ0v) is 10.9. The Morgan fingerprint density at radius 1 is 1.42 bits per heavy atom. The van der Waals surface area contributed by atoms with E-state index in [4.69, 9.17) is 9.63 Å². The van der Waals surface area contributed by atoms with Crippen LogP contribution >= 0.6 is 11.3 Å². The Morgan fingerprint density at radius 3 is 2.63 bits per heavy atom. The molecule has 0 aliphatic carbocycles.